The SMILES string of the molecule is CC(C)(C)NCC(=O)NC1(C)CCOCC1. The van der Waals surface area contributed by atoms with Crippen LogP contribution in [0.3, 0.4) is 0 Å². The van der Waals surface area contributed by atoms with Crippen molar-refractivity contribution in [3.05, 3.63) is 0 Å². The van der Waals surface area contributed by atoms with Crippen molar-refractivity contribution in [2.24, 2.45) is 0 Å². The van der Waals surface area contributed by atoms with Crippen LogP contribution in [0.1, 0.15) is 40.5 Å². The van der Waals surface area contributed by atoms with Crippen LogP contribution < -0.4 is 10.6 Å². The highest BCUT2D eigenvalue weighted by Crippen LogP contribution is 2.19. The lowest BCUT2D eigenvalue weighted by atomic mass is 9.92. The van der Waals surface area contributed by atoms with Crippen molar-refractivity contribution in [3.63, 3.8) is 0 Å². The van der Waals surface area contributed by atoms with Crippen LogP contribution in [0.2, 0.25) is 0 Å². The molecule has 0 aromatic rings. The van der Waals surface area contributed by atoms with E-state index in [9.17, 15) is 4.79 Å². The number of carbonyl (C=O) groups is 1. The van der Waals surface area contributed by atoms with Gasteiger partial charge in [0.05, 0.1) is 6.54 Å². The van der Waals surface area contributed by atoms with E-state index >= 15 is 0 Å². The molecule has 0 radical (unpaired) electrons. The van der Waals surface area contributed by atoms with Crippen LogP contribution in [0.25, 0.3) is 0 Å². The van der Waals surface area contributed by atoms with E-state index in [4.69, 9.17) is 4.74 Å². The maximum Gasteiger partial charge on any atom is 0.234 e. The first-order valence-corrected chi connectivity index (χ1v) is 5.95. The molecule has 0 aromatic carbocycles. The zero-order valence-electron chi connectivity index (χ0n) is 10.9. The smallest absolute Gasteiger partial charge is 0.234 e. The minimum atomic E-state index is -0.0884. The zero-order valence-corrected chi connectivity index (χ0v) is 10.9. The lowest BCUT2D eigenvalue weighted by Crippen LogP contribution is -2.53. The Morgan fingerprint density at radius 1 is 1.31 bits per heavy atom. The highest BCUT2D eigenvalue weighted by Gasteiger charge is 2.28. The molecule has 1 aliphatic rings. The molecule has 0 spiro atoms. The Labute approximate surface area is 98.1 Å². The molecule has 1 fully saturated rings. The molecule has 0 aliphatic carbocycles. The molecular weight excluding hydrogens is 204 g/mol. The Kier molecular flexibility index (Phi) is 4.33. The van der Waals surface area contributed by atoms with Crippen molar-refractivity contribution in [2.75, 3.05) is 19.8 Å². The van der Waals surface area contributed by atoms with Crippen LogP contribution in [0.5, 0.6) is 0 Å². The Hall–Kier alpha value is -0.610. The summed E-state index contributed by atoms with van der Waals surface area (Å²) in [5.41, 5.74) is -0.108. The Balaban J connectivity index is 2.33. The van der Waals surface area contributed by atoms with Crippen LogP contribution in [-0.2, 0) is 9.53 Å². The van der Waals surface area contributed by atoms with Gasteiger partial charge in [0.2, 0.25) is 5.91 Å². The molecule has 0 aromatic heterocycles. The molecular formula is C12H24N2O2. The molecule has 4 heteroatoms. The van der Waals surface area contributed by atoms with Gasteiger partial charge in [-0.1, -0.05) is 0 Å². The molecule has 0 saturated carbocycles. The summed E-state index contributed by atoms with van der Waals surface area (Å²) >= 11 is 0. The number of carbonyl (C=O) groups excluding carboxylic acids is 1. The highest BCUT2D eigenvalue weighted by atomic mass is 16.5. The first kappa shape index (κ1) is 13.5. The summed E-state index contributed by atoms with van der Waals surface area (Å²) in [5.74, 6) is 0.0688. The van der Waals surface area contributed by atoms with Gasteiger partial charge in [0, 0.05) is 24.3 Å². The molecule has 0 atom stereocenters. The summed E-state index contributed by atoms with van der Waals surface area (Å²) in [5, 5.41) is 6.27. The second-order valence-corrected chi connectivity index (χ2v) is 5.82. The average Bonchev–Trinajstić information content (AvgIpc) is 2.14. The van der Waals surface area contributed by atoms with Crippen molar-refractivity contribution in [3.8, 4) is 0 Å². The topological polar surface area (TPSA) is 50.4 Å². The average molecular weight is 228 g/mol. The summed E-state index contributed by atoms with van der Waals surface area (Å²) in [6.45, 7) is 10.1. The maximum absolute atomic E-state index is 11.7. The van der Waals surface area contributed by atoms with Gasteiger partial charge in [-0.25, -0.2) is 0 Å². The molecule has 0 bridgehead atoms. The molecule has 1 saturated heterocycles. The van der Waals surface area contributed by atoms with Gasteiger partial charge in [-0.3, -0.25) is 4.79 Å². The number of hydrogen-bond acceptors (Lipinski definition) is 3. The second-order valence-electron chi connectivity index (χ2n) is 5.82. The van der Waals surface area contributed by atoms with E-state index in [0.717, 1.165) is 26.1 Å². The third kappa shape index (κ3) is 4.94. The molecule has 1 aliphatic heterocycles. The second kappa shape index (κ2) is 5.15. The van der Waals surface area contributed by atoms with Gasteiger partial charge in [0.1, 0.15) is 0 Å². The van der Waals surface area contributed by atoms with Gasteiger partial charge in [-0.15, -0.1) is 0 Å². The summed E-state index contributed by atoms with van der Waals surface area (Å²) in [4.78, 5) is 11.7. The van der Waals surface area contributed by atoms with Gasteiger partial charge in [-0.2, -0.15) is 0 Å². The third-order valence-corrected chi connectivity index (χ3v) is 2.82. The van der Waals surface area contributed by atoms with Crippen molar-refractivity contribution in [2.45, 2.75) is 51.6 Å². The maximum atomic E-state index is 11.7. The fraction of sp³-hybridized carbons (Fsp3) is 0.917. The summed E-state index contributed by atoms with van der Waals surface area (Å²) in [6.07, 6.45) is 1.79. The minimum absolute atomic E-state index is 0.0199. The van der Waals surface area contributed by atoms with Gasteiger partial charge in [0.15, 0.2) is 0 Å². The largest absolute Gasteiger partial charge is 0.381 e. The monoisotopic (exact) mass is 228 g/mol. The predicted molar refractivity (Wildman–Crippen MR) is 64.4 cm³/mol. The molecule has 1 heterocycles. The first-order valence-electron chi connectivity index (χ1n) is 5.95. The van der Waals surface area contributed by atoms with Gasteiger partial charge in [0.25, 0.3) is 0 Å². The molecule has 2 N–H and O–H groups in total. The van der Waals surface area contributed by atoms with E-state index < -0.39 is 0 Å². The summed E-state index contributed by atoms with van der Waals surface area (Å²) in [6, 6.07) is 0. The summed E-state index contributed by atoms with van der Waals surface area (Å²) < 4.78 is 5.29. The number of nitrogens with one attached hydrogen (secondary N) is 2. The molecule has 4 nitrogen and oxygen atoms in total. The Morgan fingerprint density at radius 2 is 1.88 bits per heavy atom. The fourth-order valence-corrected chi connectivity index (χ4v) is 1.67. The number of amides is 1. The van der Waals surface area contributed by atoms with Crippen LogP contribution >= 0.6 is 0 Å². The fourth-order valence-electron chi connectivity index (χ4n) is 1.67. The van der Waals surface area contributed by atoms with Crippen LogP contribution in [0, 0.1) is 0 Å². The van der Waals surface area contributed by atoms with Gasteiger partial charge < -0.3 is 15.4 Å². The standard InChI is InChI=1S/C12H24N2O2/c1-11(2,3)13-9-10(15)14-12(4)5-7-16-8-6-12/h13H,5-9H2,1-4H3,(H,14,15). The molecule has 0 unspecified atom stereocenters. The van der Waals surface area contributed by atoms with E-state index in [1.54, 1.807) is 0 Å². The number of ether oxygens (including phenoxy) is 1. The molecule has 94 valence electrons. The molecule has 1 amide bonds. The molecule has 1 rings (SSSR count). The summed E-state index contributed by atoms with van der Waals surface area (Å²) in [7, 11) is 0. The van der Waals surface area contributed by atoms with Crippen molar-refractivity contribution in [1.29, 1.82) is 0 Å². The van der Waals surface area contributed by atoms with Crippen LogP contribution in [0.4, 0.5) is 0 Å². The van der Waals surface area contributed by atoms with Crippen LogP contribution in [-0.4, -0.2) is 36.7 Å². The number of rotatable bonds is 3. The normalized spacial score (nSPS) is 20.5. The van der Waals surface area contributed by atoms with E-state index in [0.29, 0.717) is 6.54 Å². The van der Waals surface area contributed by atoms with E-state index in [1.165, 1.54) is 0 Å². The predicted octanol–water partition coefficient (Wildman–Crippen LogP) is 1.06. The minimum Gasteiger partial charge on any atom is -0.381 e. The van der Waals surface area contributed by atoms with Crippen molar-refractivity contribution >= 4 is 5.91 Å². The highest BCUT2D eigenvalue weighted by molar-refractivity contribution is 5.78. The van der Waals surface area contributed by atoms with Gasteiger partial charge in [-0.05, 0) is 40.5 Å². The zero-order chi connectivity index (χ0) is 12.2. The van der Waals surface area contributed by atoms with Gasteiger partial charge >= 0.3 is 0 Å². The lowest BCUT2D eigenvalue weighted by molar-refractivity contribution is -0.123. The third-order valence-electron chi connectivity index (χ3n) is 2.82. The van der Waals surface area contributed by atoms with Crippen molar-refractivity contribution in [1.82, 2.24) is 10.6 Å². The van der Waals surface area contributed by atoms with Crippen molar-refractivity contribution < 1.29 is 9.53 Å². The lowest BCUT2D eigenvalue weighted by Gasteiger charge is -2.34. The van der Waals surface area contributed by atoms with Crippen LogP contribution in [0.15, 0.2) is 0 Å². The van der Waals surface area contributed by atoms with E-state index in [1.807, 2.05) is 0 Å². The van der Waals surface area contributed by atoms with E-state index in [2.05, 4.69) is 38.3 Å². The number of hydrogen-bond donors (Lipinski definition) is 2. The quantitative estimate of drug-likeness (QED) is 0.759. The molecule has 16 heavy (non-hydrogen) atoms. The first-order chi connectivity index (χ1) is 7.31. The Bertz CT molecular complexity index is 240. The Morgan fingerprint density at radius 3 is 2.38 bits per heavy atom. The van der Waals surface area contributed by atoms with E-state index in [-0.39, 0.29) is 17.0 Å².